The fourth-order valence-corrected chi connectivity index (χ4v) is 2.66. The van der Waals surface area contributed by atoms with Gasteiger partial charge < -0.3 is 26.8 Å². The van der Waals surface area contributed by atoms with Crippen molar-refractivity contribution in [2.45, 2.75) is 51.8 Å². The van der Waals surface area contributed by atoms with Crippen LogP contribution in [0.5, 0.6) is 0 Å². The summed E-state index contributed by atoms with van der Waals surface area (Å²) in [5, 5.41) is 18.1. The van der Waals surface area contributed by atoms with E-state index in [-0.39, 0.29) is 30.1 Å². The highest BCUT2D eigenvalue weighted by Gasteiger charge is 2.32. The number of ketones is 1. The third-order valence-electron chi connectivity index (χ3n) is 4.19. The van der Waals surface area contributed by atoms with E-state index in [2.05, 4.69) is 16.0 Å². The largest absolute Gasteiger partial charge is 0.391 e. The normalized spacial score (nSPS) is 21.7. The van der Waals surface area contributed by atoms with Crippen LogP contribution in [0.2, 0.25) is 0 Å². The first-order chi connectivity index (χ1) is 11.3. The monoisotopic (exact) mass is 342 g/mol. The number of hydrogen-bond acceptors (Lipinski definition) is 6. The van der Waals surface area contributed by atoms with E-state index in [9.17, 15) is 19.5 Å². The van der Waals surface area contributed by atoms with Crippen molar-refractivity contribution < 1.29 is 19.5 Å². The average molecular weight is 342 g/mol. The third kappa shape index (κ3) is 5.85. The van der Waals surface area contributed by atoms with Crippen LogP contribution in [0, 0.1) is 11.8 Å². The number of carbonyl (C=O) groups is 3. The van der Waals surface area contributed by atoms with Gasteiger partial charge in [0, 0.05) is 19.0 Å². The molecule has 2 amide bonds. The summed E-state index contributed by atoms with van der Waals surface area (Å²) in [4.78, 5) is 36.7. The summed E-state index contributed by atoms with van der Waals surface area (Å²) in [6.45, 7) is 6.26. The number of rotatable bonds is 8. The van der Waals surface area contributed by atoms with Gasteiger partial charge in [-0.1, -0.05) is 13.8 Å². The standard InChI is InChI=1S/C16H30N4O4/c1-9(2)14(22)12(7-17)19-16(24)13(10(3)21)20-15(23)11-5-4-6-18-8-11/h9-13,18,21H,4-8,17H2,1-3H3,(H,19,24)(H,20,23)/t10-,11-,12-,13-/m0/s1. The van der Waals surface area contributed by atoms with Gasteiger partial charge in [-0.05, 0) is 26.3 Å². The fourth-order valence-electron chi connectivity index (χ4n) is 2.66. The van der Waals surface area contributed by atoms with Crippen LogP contribution >= 0.6 is 0 Å². The summed E-state index contributed by atoms with van der Waals surface area (Å²) >= 11 is 0. The van der Waals surface area contributed by atoms with Crippen LogP contribution in [-0.2, 0) is 14.4 Å². The molecule has 6 N–H and O–H groups in total. The molecule has 0 unspecified atom stereocenters. The number of amides is 2. The Hall–Kier alpha value is -1.51. The smallest absolute Gasteiger partial charge is 0.245 e. The lowest BCUT2D eigenvalue weighted by Crippen LogP contribution is -2.58. The minimum Gasteiger partial charge on any atom is -0.391 e. The van der Waals surface area contributed by atoms with Gasteiger partial charge in [0.15, 0.2) is 5.78 Å². The summed E-state index contributed by atoms with van der Waals surface area (Å²) in [6.07, 6.45) is 0.546. The topological polar surface area (TPSA) is 134 Å². The van der Waals surface area contributed by atoms with Crippen LogP contribution < -0.4 is 21.7 Å². The quantitative estimate of drug-likeness (QED) is 0.365. The molecule has 1 heterocycles. The number of nitrogens with two attached hydrogens (primary N) is 1. The molecule has 0 radical (unpaired) electrons. The Morgan fingerprint density at radius 1 is 1.25 bits per heavy atom. The maximum Gasteiger partial charge on any atom is 0.245 e. The molecule has 1 saturated heterocycles. The van der Waals surface area contributed by atoms with Gasteiger partial charge in [0.05, 0.1) is 18.1 Å². The highest BCUT2D eigenvalue weighted by Crippen LogP contribution is 2.10. The Morgan fingerprint density at radius 2 is 1.92 bits per heavy atom. The number of nitrogens with one attached hydrogen (secondary N) is 3. The van der Waals surface area contributed by atoms with Gasteiger partial charge in [-0.2, -0.15) is 0 Å². The predicted molar refractivity (Wildman–Crippen MR) is 90.0 cm³/mol. The molecule has 1 aliphatic heterocycles. The SMILES string of the molecule is CC(C)C(=O)[C@H](CN)NC(=O)[C@@H](NC(=O)[C@H]1CCCNC1)[C@H](C)O. The second kappa shape index (κ2) is 9.71. The van der Waals surface area contributed by atoms with E-state index >= 15 is 0 Å². The lowest BCUT2D eigenvalue weighted by molar-refractivity contribution is -0.135. The van der Waals surface area contributed by atoms with Crippen molar-refractivity contribution in [1.82, 2.24) is 16.0 Å². The lowest BCUT2D eigenvalue weighted by Gasteiger charge is -2.27. The van der Waals surface area contributed by atoms with Crippen molar-refractivity contribution in [3.05, 3.63) is 0 Å². The minimum atomic E-state index is -1.12. The maximum absolute atomic E-state index is 12.4. The summed E-state index contributed by atoms with van der Waals surface area (Å²) in [5.41, 5.74) is 5.56. The molecule has 1 aliphatic rings. The van der Waals surface area contributed by atoms with Gasteiger partial charge >= 0.3 is 0 Å². The van der Waals surface area contributed by atoms with E-state index in [0.717, 1.165) is 19.4 Å². The van der Waals surface area contributed by atoms with E-state index in [1.807, 2.05) is 0 Å². The van der Waals surface area contributed by atoms with E-state index in [1.165, 1.54) is 6.92 Å². The second-order valence-electron chi connectivity index (χ2n) is 6.62. The molecule has 24 heavy (non-hydrogen) atoms. The van der Waals surface area contributed by atoms with Crippen molar-refractivity contribution >= 4 is 17.6 Å². The molecule has 0 bridgehead atoms. The Balaban J connectivity index is 2.70. The van der Waals surface area contributed by atoms with Crippen LogP contribution in [0.15, 0.2) is 0 Å². The molecule has 4 atom stereocenters. The highest BCUT2D eigenvalue weighted by molar-refractivity contribution is 5.94. The zero-order chi connectivity index (χ0) is 18.3. The molecule has 8 nitrogen and oxygen atoms in total. The Bertz CT molecular complexity index is 447. The molecule has 138 valence electrons. The average Bonchev–Trinajstić information content (AvgIpc) is 2.56. The van der Waals surface area contributed by atoms with E-state index in [4.69, 9.17) is 5.73 Å². The number of carbonyl (C=O) groups excluding carboxylic acids is 3. The number of piperidine rings is 1. The van der Waals surface area contributed by atoms with Crippen LogP contribution in [0.4, 0.5) is 0 Å². The van der Waals surface area contributed by atoms with E-state index in [0.29, 0.717) is 6.54 Å². The molecule has 0 aromatic rings. The zero-order valence-corrected chi connectivity index (χ0v) is 14.7. The first-order valence-electron chi connectivity index (χ1n) is 8.51. The van der Waals surface area contributed by atoms with Gasteiger partial charge in [-0.25, -0.2) is 0 Å². The van der Waals surface area contributed by atoms with Crippen LogP contribution in [0.25, 0.3) is 0 Å². The van der Waals surface area contributed by atoms with Gasteiger partial charge in [-0.3, -0.25) is 14.4 Å². The summed E-state index contributed by atoms with van der Waals surface area (Å²) in [6, 6.07) is -1.94. The van der Waals surface area contributed by atoms with E-state index in [1.54, 1.807) is 13.8 Å². The number of hydrogen-bond donors (Lipinski definition) is 5. The van der Waals surface area contributed by atoms with Gasteiger partial charge in [0.1, 0.15) is 6.04 Å². The molecule has 0 spiro atoms. The number of aliphatic hydroxyl groups excluding tert-OH is 1. The second-order valence-corrected chi connectivity index (χ2v) is 6.62. The predicted octanol–water partition coefficient (Wildman–Crippen LogP) is -1.48. The minimum absolute atomic E-state index is 0.0320. The Kier molecular flexibility index (Phi) is 8.30. The van der Waals surface area contributed by atoms with Gasteiger partial charge in [0.2, 0.25) is 11.8 Å². The Morgan fingerprint density at radius 3 is 2.38 bits per heavy atom. The molecule has 0 aromatic carbocycles. The number of aliphatic hydroxyl groups is 1. The fraction of sp³-hybridized carbons (Fsp3) is 0.812. The van der Waals surface area contributed by atoms with Gasteiger partial charge in [-0.15, -0.1) is 0 Å². The van der Waals surface area contributed by atoms with Crippen molar-refractivity contribution in [3.8, 4) is 0 Å². The molecule has 0 aliphatic carbocycles. The van der Waals surface area contributed by atoms with Crippen LogP contribution in [-0.4, -0.2) is 60.5 Å². The third-order valence-corrected chi connectivity index (χ3v) is 4.19. The molecule has 0 saturated carbocycles. The van der Waals surface area contributed by atoms with Crippen molar-refractivity contribution in [1.29, 1.82) is 0 Å². The summed E-state index contributed by atoms with van der Waals surface area (Å²) in [5.74, 6) is -1.56. The highest BCUT2D eigenvalue weighted by atomic mass is 16.3. The zero-order valence-electron chi connectivity index (χ0n) is 14.7. The van der Waals surface area contributed by atoms with Crippen molar-refractivity contribution in [2.24, 2.45) is 17.6 Å². The molecule has 1 rings (SSSR count). The lowest BCUT2D eigenvalue weighted by atomic mass is 9.97. The summed E-state index contributed by atoms with van der Waals surface area (Å²) in [7, 11) is 0. The van der Waals surface area contributed by atoms with Crippen molar-refractivity contribution in [2.75, 3.05) is 19.6 Å². The first-order valence-corrected chi connectivity index (χ1v) is 8.51. The Labute approximate surface area is 142 Å². The molecular weight excluding hydrogens is 312 g/mol. The van der Waals surface area contributed by atoms with Crippen LogP contribution in [0.1, 0.15) is 33.6 Å². The molecule has 0 aromatic heterocycles. The molecule has 8 heteroatoms. The van der Waals surface area contributed by atoms with E-state index < -0.39 is 24.1 Å². The van der Waals surface area contributed by atoms with Crippen molar-refractivity contribution in [3.63, 3.8) is 0 Å². The number of Topliss-reactive ketones (excluding diaryl/α,β-unsaturated/α-hetero) is 1. The van der Waals surface area contributed by atoms with Crippen LogP contribution in [0.3, 0.4) is 0 Å². The first kappa shape index (κ1) is 20.5. The van der Waals surface area contributed by atoms with Gasteiger partial charge in [0.25, 0.3) is 0 Å². The summed E-state index contributed by atoms with van der Waals surface area (Å²) < 4.78 is 0. The molecular formula is C16H30N4O4. The maximum atomic E-state index is 12.4. The molecule has 1 fully saturated rings.